The third-order valence-corrected chi connectivity index (χ3v) is 4.78. The molecule has 2 N–H and O–H groups in total. The molecule has 25 heavy (non-hydrogen) atoms. The van der Waals surface area contributed by atoms with Crippen molar-refractivity contribution in [2.45, 2.75) is 38.6 Å². The fourth-order valence-electron chi connectivity index (χ4n) is 3.23. The van der Waals surface area contributed by atoms with E-state index in [1.165, 1.54) is 24.8 Å². The monoisotopic (exact) mass is 338 g/mol. The fourth-order valence-corrected chi connectivity index (χ4v) is 3.23. The molecule has 0 heterocycles. The molecule has 2 aromatic carbocycles. The van der Waals surface area contributed by atoms with Gasteiger partial charge in [-0.15, -0.1) is 0 Å². The lowest BCUT2D eigenvalue weighted by Gasteiger charge is -2.20. The van der Waals surface area contributed by atoms with Crippen molar-refractivity contribution in [1.29, 1.82) is 0 Å². The molecule has 1 saturated carbocycles. The molecule has 0 radical (unpaired) electrons. The maximum atomic E-state index is 12.3. The summed E-state index contributed by atoms with van der Waals surface area (Å²) < 4.78 is 5.17. The van der Waals surface area contributed by atoms with Gasteiger partial charge in [0.15, 0.2) is 0 Å². The van der Waals surface area contributed by atoms with Crippen LogP contribution in [0.1, 0.15) is 37.7 Å². The Labute approximate surface area is 149 Å². The van der Waals surface area contributed by atoms with Crippen molar-refractivity contribution in [3.8, 4) is 5.75 Å². The van der Waals surface area contributed by atoms with Gasteiger partial charge in [0.25, 0.3) is 0 Å². The smallest absolute Gasteiger partial charge is 0.227 e. The Kier molecular flexibility index (Phi) is 5.94. The minimum absolute atomic E-state index is 0.165. The summed E-state index contributed by atoms with van der Waals surface area (Å²) in [6, 6.07) is 15.9. The maximum Gasteiger partial charge on any atom is 0.227 e. The molecule has 1 amide bonds. The Bertz CT molecular complexity index is 674. The van der Waals surface area contributed by atoms with E-state index in [1.807, 2.05) is 48.5 Å². The zero-order valence-corrected chi connectivity index (χ0v) is 14.8. The molecule has 3 rings (SSSR count). The van der Waals surface area contributed by atoms with Gasteiger partial charge in [-0.05, 0) is 54.8 Å². The summed E-state index contributed by atoms with van der Waals surface area (Å²) in [5.41, 5.74) is 3.09. The number of methoxy groups -OCH3 is 1. The molecule has 0 atom stereocenters. The van der Waals surface area contributed by atoms with E-state index in [4.69, 9.17) is 4.74 Å². The molecule has 0 aliphatic heterocycles. The quantitative estimate of drug-likeness (QED) is 0.793. The van der Waals surface area contributed by atoms with Crippen molar-refractivity contribution in [1.82, 2.24) is 0 Å². The van der Waals surface area contributed by atoms with Gasteiger partial charge in [0.2, 0.25) is 5.91 Å². The molecule has 0 unspecified atom stereocenters. The summed E-state index contributed by atoms with van der Waals surface area (Å²) in [6.45, 7) is 0.748. The van der Waals surface area contributed by atoms with Crippen molar-refractivity contribution < 1.29 is 9.53 Å². The van der Waals surface area contributed by atoms with E-state index in [2.05, 4.69) is 10.6 Å². The Balaban J connectivity index is 1.50. The number of nitrogens with one attached hydrogen (secondary N) is 2. The van der Waals surface area contributed by atoms with Crippen LogP contribution in [0.5, 0.6) is 5.75 Å². The maximum absolute atomic E-state index is 12.3. The van der Waals surface area contributed by atoms with E-state index in [-0.39, 0.29) is 11.8 Å². The van der Waals surface area contributed by atoms with E-state index in [0.717, 1.165) is 36.5 Å². The number of hydrogen-bond donors (Lipinski definition) is 2. The van der Waals surface area contributed by atoms with Gasteiger partial charge >= 0.3 is 0 Å². The lowest BCUT2D eigenvalue weighted by atomic mass is 9.88. The van der Waals surface area contributed by atoms with Crippen LogP contribution in [-0.4, -0.2) is 13.0 Å². The van der Waals surface area contributed by atoms with Gasteiger partial charge in [0.1, 0.15) is 5.75 Å². The number of rotatable bonds is 6. The molecule has 132 valence electrons. The van der Waals surface area contributed by atoms with Crippen molar-refractivity contribution in [3.63, 3.8) is 0 Å². The lowest BCUT2D eigenvalue weighted by Crippen LogP contribution is -2.24. The number of amides is 1. The summed E-state index contributed by atoms with van der Waals surface area (Å²) >= 11 is 0. The molecule has 4 nitrogen and oxygen atoms in total. The van der Waals surface area contributed by atoms with Crippen LogP contribution in [-0.2, 0) is 11.3 Å². The second-order valence-electron chi connectivity index (χ2n) is 6.60. The van der Waals surface area contributed by atoms with Gasteiger partial charge in [-0.1, -0.05) is 31.4 Å². The standard InChI is InChI=1S/C21H26N2O2/c1-25-20-13-7-16(8-14-20)15-22-18-9-11-19(12-10-18)23-21(24)17-5-3-2-4-6-17/h7-14,17,22H,2-6,15H2,1H3,(H,23,24). The highest BCUT2D eigenvalue weighted by atomic mass is 16.5. The van der Waals surface area contributed by atoms with Crippen LogP contribution in [0.4, 0.5) is 11.4 Å². The van der Waals surface area contributed by atoms with Crippen LogP contribution in [0.25, 0.3) is 0 Å². The second-order valence-corrected chi connectivity index (χ2v) is 6.60. The van der Waals surface area contributed by atoms with Gasteiger partial charge in [0.05, 0.1) is 7.11 Å². The zero-order chi connectivity index (χ0) is 17.5. The van der Waals surface area contributed by atoms with Crippen molar-refractivity contribution in [2.75, 3.05) is 17.7 Å². The number of carbonyl (C=O) groups is 1. The molecular formula is C21H26N2O2. The molecule has 0 spiro atoms. The molecular weight excluding hydrogens is 312 g/mol. The first-order valence-electron chi connectivity index (χ1n) is 9.02. The second kappa shape index (κ2) is 8.56. The Morgan fingerprint density at radius 1 is 0.960 bits per heavy atom. The van der Waals surface area contributed by atoms with Gasteiger partial charge in [-0.3, -0.25) is 4.79 Å². The third-order valence-electron chi connectivity index (χ3n) is 4.78. The van der Waals surface area contributed by atoms with Gasteiger partial charge in [0, 0.05) is 23.8 Å². The summed E-state index contributed by atoms with van der Waals surface area (Å²) in [6.07, 6.45) is 5.65. The molecule has 1 aliphatic carbocycles. The normalized spacial score (nSPS) is 14.8. The molecule has 1 fully saturated rings. The van der Waals surface area contributed by atoms with Gasteiger partial charge < -0.3 is 15.4 Å². The van der Waals surface area contributed by atoms with Crippen molar-refractivity contribution in [2.24, 2.45) is 5.92 Å². The number of hydrogen-bond acceptors (Lipinski definition) is 3. The Hall–Kier alpha value is -2.49. The molecule has 0 bridgehead atoms. The highest BCUT2D eigenvalue weighted by Gasteiger charge is 2.20. The van der Waals surface area contributed by atoms with Crippen molar-refractivity contribution >= 4 is 17.3 Å². The van der Waals surface area contributed by atoms with Gasteiger partial charge in [-0.25, -0.2) is 0 Å². The average Bonchev–Trinajstić information content (AvgIpc) is 2.68. The van der Waals surface area contributed by atoms with Crippen LogP contribution in [0.3, 0.4) is 0 Å². The highest BCUT2D eigenvalue weighted by molar-refractivity contribution is 5.92. The van der Waals surface area contributed by atoms with E-state index in [1.54, 1.807) is 7.11 Å². The minimum Gasteiger partial charge on any atom is -0.497 e. The first-order chi connectivity index (χ1) is 12.2. The van der Waals surface area contributed by atoms with Crippen LogP contribution in [0.15, 0.2) is 48.5 Å². The number of carbonyl (C=O) groups excluding carboxylic acids is 1. The molecule has 4 heteroatoms. The molecule has 1 aliphatic rings. The Morgan fingerprint density at radius 3 is 2.24 bits per heavy atom. The zero-order valence-electron chi connectivity index (χ0n) is 14.8. The Morgan fingerprint density at radius 2 is 1.60 bits per heavy atom. The predicted molar refractivity (Wildman–Crippen MR) is 102 cm³/mol. The minimum atomic E-state index is 0.165. The number of ether oxygens (including phenoxy) is 1. The first-order valence-corrected chi connectivity index (χ1v) is 9.02. The topological polar surface area (TPSA) is 50.4 Å². The summed E-state index contributed by atoms with van der Waals surface area (Å²) in [4.78, 5) is 12.3. The summed E-state index contributed by atoms with van der Waals surface area (Å²) in [5, 5.41) is 6.43. The summed E-state index contributed by atoms with van der Waals surface area (Å²) in [5.74, 6) is 1.21. The molecule has 0 aromatic heterocycles. The SMILES string of the molecule is COc1ccc(CNc2ccc(NC(=O)C3CCCCC3)cc2)cc1. The number of anilines is 2. The van der Waals surface area contributed by atoms with E-state index >= 15 is 0 Å². The molecule has 0 saturated heterocycles. The van der Waals surface area contributed by atoms with E-state index in [9.17, 15) is 4.79 Å². The largest absolute Gasteiger partial charge is 0.497 e. The number of benzene rings is 2. The van der Waals surface area contributed by atoms with Crippen LogP contribution >= 0.6 is 0 Å². The molecule has 2 aromatic rings. The third kappa shape index (κ3) is 4.99. The highest BCUT2D eigenvalue weighted by Crippen LogP contribution is 2.25. The average molecular weight is 338 g/mol. The van der Waals surface area contributed by atoms with Crippen LogP contribution in [0, 0.1) is 5.92 Å². The lowest BCUT2D eigenvalue weighted by molar-refractivity contribution is -0.120. The summed E-state index contributed by atoms with van der Waals surface area (Å²) in [7, 11) is 1.67. The van der Waals surface area contributed by atoms with E-state index < -0.39 is 0 Å². The van der Waals surface area contributed by atoms with Crippen molar-refractivity contribution in [3.05, 3.63) is 54.1 Å². The fraction of sp³-hybridized carbons (Fsp3) is 0.381. The van der Waals surface area contributed by atoms with Gasteiger partial charge in [-0.2, -0.15) is 0 Å². The van der Waals surface area contributed by atoms with Crippen LogP contribution in [0.2, 0.25) is 0 Å². The van der Waals surface area contributed by atoms with E-state index in [0.29, 0.717) is 0 Å². The first kappa shape index (κ1) is 17.3. The van der Waals surface area contributed by atoms with Crippen LogP contribution < -0.4 is 15.4 Å². The predicted octanol–water partition coefficient (Wildman–Crippen LogP) is 4.83.